The standard InChI is InChI=1S/C38H58O8.C2H4/c1-9-22(2)15-25(5)16-23(3)11-10-12-26(6)34(42)27(7)17-24(4)13-14-28-20-38(28,8)32-19-30(40)33(37(44)46-32)36-35(43)31(41)18-29(21-39)45-36;1-2/h10-11,13-14,16-17,19,22,25-29,31,34-36,39-43H,9,12,15,18,20-21H2,1-8H3;1-2H2/b11-10+,14-13+,23-16+,24-17+;. The molecule has 11 unspecified atom stereocenters. The molecule has 8 heteroatoms. The van der Waals surface area contributed by atoms with Gasteiger partial charge in [0.05, 0.1) is 24.9 Å². The van der Waals surface area contributed by atoms with Crippen LogP contribution in [0.3, 0.4) is 0 Å². The van der Waals surface area contributed by atoms with Crippen LogP contribution in [0.2, 0.25) is 0 Å². The van der Waals surface area contributed by atoms with Crippen LogP contribution in [0.5, 0.6) is 5.75 Å². The highest BCUT2D eigenvalue weighted by Gasteiger charge is 2.52. The number of aliphatic hydroxyl groups excluding tert-OH is 4. The van der Waals surface area contributed by atoms with Gasteiger partial charge in [-0.05, 0) is 56.8 Å². The fourth-order valence-corrected chi connectivity index (χ4v) is 6.64. The molecule has 1 saturated heterocycles. The predicted octanol–water partition coefficient (Wildman–Crippen LogP) is 7.07. The van der Waals surface area contributed by atoms with E-state index in [4.69, 9.17) is 9.15 Å². The predicted molar refractivity (Wildman–Crippen MR) is 193 cm³/mol. The Labute approximate surface area is 288 Å². The zero-order chi connectivity index (χ0) is 36.3. The Morgan fingerprint density at radius 3 is 2.35 bits per heavy atom. The van der Waals surface area contributed by atoms with Crippen LogP contribution in [0, 0.1) is 29.6 Å². The summed E-state index contributed by atoms with van der Waals surface area (Å²) in [4.78, 5) is 13.0. The van der Waals surface area contributed by atoms with Crippen molar-refractivity contribution in [3.05, 3.63) is 88.6 Å². The molecule has 2 fully saturated rings. The van der Waals surface area contributed by atoms with Gasteiger partial charge >= 0.3 is 5.63 Å². The van der Waals surface area contributed by atoms with Crippen molar-refractivity contribution in [3.8, 4) is 5.75 Å². The van der Waals surface area contributed by atoms with E-state index in [9.17, 15) is 30.3 Å². The second-order valence-corrected chi connectivity index (χ2v) is 14.5. The number of hydrogen-bond acceptors (Lipinski definition) is 8. The molecule has 1 aliphatic carbocycles. The summed E-state index contributed by atoms with van der Waals surface area (Å²) in [5.41, 5.74) is 0.690. The summed E-state index contributed by atoms with van der Waals surface area (Å²) in [5, 5.41) is 51.8. The average Bonchev–Trinajstić information content (AvgIpc) is 3.72. The molecule has 1 aliphatic heterocycles. The van der Waals surface area contributed by atoms with E-state index < -0.39 is 48.2 Å². The first-order valence-electron chi connectivity index (χ1n) is 17.5. The Hall–Kier alpha value is -2.75. The van der Waals surface area contributed by atoms with Crippen molar-refractivity contribution < 1.29 is 34.7 Å². The lowest BCUT2D eigenvalue weighted by atomic mass is 9.89. The van der Waals surface area contributed by atoms with Crippen molar-refractivity contribution in [2.45, 2.75) is 123 Å². The highest BCUT2D eigenvalue weighted by molar-refractivity contribution is 5.39. The molecule has 1 saturated carbocycles. The van der Waals surface area contributed by atoms with E-state index in [1.807, 2.05) is 26.8 Å². The van der Waals surface area contributed by atoms with Gasteiger partial charge in [-0.25, -0.2) is 4.79 Å². The lowest BCUT2D eigenvalue weighted by Gasteiger charge is -2.36. The number of allylic oxidation sites excluding steroid dienone is 7. The minimum atomic E-state index is -1.44. The zero-order valence-corrected chi connectivity index (χ0v) is 30.4. The Morgan fingerprint density at radius 2 is 1.75 bits per heavy atom. The first-order valence-corrected chi connectivity index (χ1v) is 17.5. The molecule has 0 bridgehead atoms. The molecule has 0 spiro atoms. The van der Waals surface area contributed by atoms with Gasteiger partial charge in [0.15, 0.2) is 0 Å². The fourth-order valence-electron chi connectivity index (χ4n) is 6.64. The lowest BCUT2D eigenvalue weighted by Crippen LogP contribution is -2.45. The second kappa shape index (κ2) is 18.9. The van der Waals surface area contributed by atoms with Crippen molar-refractivity contribution >= 4 is 0 Å². The van der Waals surface area contributed by atoms with Crippen LogP contribution in [-0.4, -0.2) is 56.6 Å². The van der Waals surface area contributed by atoms with Crippen LogP contribution in [-0.2, 0) is 10.2 Å². The Morgan fingerprint density at radius 1 is 1.10 bits per heavy atom. The van der Waals surface area contributed by atoms with Crippen LogP contribution in [0.15, 0.2) is 76.0 Å². The first kappa shape index (κ1) is 41.4. The molecule has 2 aliphatic rings. The summed E-state index contributed by atoms with van der Waals surface area (Å²) in [6.45, 7) is 22.6. The molecule has 5 N–H and O–H groups in total. The summed E-state index contributed by atoms with van der Waals surface area (Å²) >= 11 is 0. The Bertz CT molecular complexity index is 1340. The van der Waals surface area contributed by atoms with Gasteiger partial charge in [-0.1, -0.05) is 95.6 Å². The Kier molecular flexibility index (Phi) is 16.3. The SMILES string of the molecule is C=C.CCC(C)CC(C)/C=C(C)/C=C/CC(C)C(O)C(C)/C=C(C)/C=C/C1CC1(C)c1cc(O)c(C2OC(CO)CC(O)C2O)c(=O)o1. The van der Waals surface area contributed by atoms with Crippen molar-refractivity contribution in [2.75, 3.05) is 6.61 Å². The minimum absolute atomic E-state index is 0.0161. The molecule has 48 heavy (non-hydrogen) atoms. The van der Waals surface area contributed by atoms with Crippen LogP contribution < -0.4 is 5.63 Å². The number of ether oxygens (including phenoxy) is 1. The fraction of sp³-hybridized carbons (Fsp3) is 0.625. The molecule has 1 aromatic rings. The number of aromatic hydroxyl groups is 1. The summed E-state index contributed by atoms with van der Waals surface area (Å²) in [7, 11) is 0. The summed E-state index contributed by atoms with van der Waals surface area (Å²) < 4.78 is 11.2. The van der Waals surface area contributed by atoms with E-state index in [1.54, 1.807) is 0 Å². The molecule has 3 rings (SSSR count). The van der Waals surface area contributed by atoms with Crippen LogP contribution >= 0.6 is 0 Å². The third-order valence-electron chi connectivity index (χ3n) is 10.0. The van der Waals surface area contributed by atoms with Crippen molar-refractivity contribution in [1.29, 1.82) is 0 Å². The molecular weight excluding hydrogens is 608 g/mol. The third kappa shape index (κ3) is 11.1. The topological polar surface area (TPSA) is 141 Å². The van der Waals surface area contributed by atoms with Crippen LogP contribution in [0.1, 0.15) is 105 Å². The maximum atomic E-state index is 13.0. The van der Waals surface area contributed by atoms with Gasteiger partial charge in [0.1, 0.15) is 29.3 Å². The maximum Gasteiger partial charge on any atom is 0.345 e. The molecule has 8 nitrogen and oxygen atoms in total. The third-order valence-corrected chi connectivity index (χ3v) is 10.0. The molecular formula is C40H62O8. The van der Waals surface area contributed by atoms with Gasteiger partial charge in [-0.15, -0.1) is 13.2 Å². The minimum Gasteiger partial charge on any atom is -0.507 e. The number of aliphatic hydroxyl groups is 4. The normalized spacial score (nSPS) is 29.6. The molecule has 270 valence electrons. The van der Waals surface area contributed by atoms with Crippen molar-refractivity contribution in [1.82, 2.24) is 0 Å². The van der Waals surface area contributed by atoms with Gasteiger partial charge in [0.2, 0.25) is 0 Å². The van der Waals surface area contributed by atoms with Crippen LogP contribution in [0.4, 0.5) is 0 Å². The summed E-state index contributed by atoms with van der Waals surface area (Å²) in [6, 6.07) is 1.39. The monoisotopic (exact) mass is 670 g/mol. The highest BCUT2D eigenvalue weighted by Crippen LogP contribution is 2.55. The molecule has 1 aromatic heterocycles. The van der Waals surface area contributed by atoms with Gasteiger partial charge in [-0.3, -0.25) is 0 Å². The van der Waals surface area contributed by atoms with Crippen LogP contribution in [0.25, 0.3) is 0 Å². The highest BCUT2D eigenvalue weighted by atomic mass is 16.5. The van der Waals surface area contributed by atoms with E-state index in [0.29, 0.717) is 11.7 Å². The van der Waals surface area contributed by atoms with E-state index in [0.717, 1.165) is 24.3 Å². The quantitative estimate of drug-likeness (QED) is 0.0986. The van der Waals surface area contributed by atoms with Gasteiger partial charge in [0.25, 0.3) is 0 Å². The molecule has 0 radical (unpaired) electrons. The zero-order valence-electron chi connectivity index (χ0n) is 30.4. The maximum absolute atomic E-state index is 13.0. The molecule has 2 heterocycles. The molecule has 0 aromatic carbocycles. The van der Waals surface area contributed by atoms with Gasteiger partial charge in [-0.2, -0.15) is 0 Å². The average molecular weight is 671 g/mol. The first-order chi connectivity index (χ1) is 22.6. The second-order valence-electron chi connectivity index (χ2n) is 14.5. The number of rotatable bonds is 15. The lowest BCUT2D eigenvalue weighted by molar-refractivity contribution is -0.180. The van der Waals surface area contributed by atoms with E-state index in [2.05, 4.69) is 78.2 Å². The number of hydrogen-bond donors (Lipinski definition) is 5. The van der Waals surface area contributed by atoms with Gasteiger partial charge < -0.3 is 34.7 Å². The van der Waals surface area contributed by atoms with Gasteiger partial charge in [0, 0.05) is 23.8 Å². The largest absolute Gasteiger partial charge is 0.507 e. The van der Waals surface area contributed by atoms with E-state index in [1.165, 1.54) is 24.5 Å². The van der Waals surface area contributed by atoms with Crippen molar-refractivity contribution in [3.63, 3.8) is 0 Å². The van der Waals surface area contributed by atoms with Crippen molar-refractivity contribution in [2.24, 2.45) is 29.6 Å². The smallest absolute Gasteiger partial charge is 0.345 e. The van der Waals surface area contributed by atoms with E-state index in [-0.39, 0.29) is 35.5 Å². The van der Waals surface area contributed by atoms with E-state index >= 15 is 0 Å². The summed E-state index contributed by atoms with van der Waals surface area (Å²) in [5.74, 6) is 1.39. The Balaban J connectivity index is 0.00000392. The molecule has 0 amide bonds. The molecule has 11 atom stereocenters. The summed E-state index contributed by atoms with van der Waals surface area (Å²) in [6.07, 6.45) is 11.5.